The summed E-state index contributed by atoms with van der Waals surface area (Å²) < 4.78 is 18.0. The molecular formula is C22H24BrN3O4. The zero-order chi connectivity index (χ0) is 20.9. The standard InChI is InChI=1S/C22H24BrN3O4/c1-3-4-17-14-26(7-8-28-17)30-21-11-19-15(10-20(21)27-2)9-18(13-24-19)29-16-5-6-22(23)25-12-16/h5-6,9-13,17H,3-4,7-8,14H2,1-2H3. The molecule has 1 atom stereocenters. The van der Waals surface area contributed by atoms with Crippen molar-refractivity contribution in [2.75, 3.05) is 26.8 Å². The van der Waals surface area contributed by atoms with Crippen LogP contribution in [0.1, 0.15) is 19.8 Å². The van der Waals surface area contributed by atoms with Gasteiger partial charge in [-0.2, -0.15) is 0 Å². The van der Waals surface area contributed by atoms with Crippen molar-refractivity contribution >= 4 is 26.8 Å². The Balaban J connectivity index is 1.54. The van der Waals surface area contributed by atoms with Crippen molar-refractivity contribution in [3.05, 3.63) is 47.3 Å². The summed E-state index contributed by atoms with van der Waals surface area (Å²) in [6, 6.07) is 9.39. The molecule has 4 rings (SSSR count). The first-order chi connectivity index (χ1) is 14.6. The van der Waals surface area contributed by atoms with Gasteiger partial charge in [-0.3, -0.25) is 4.98 Å². The molecule has 1 unspecified atom stereocenters. The lowest BCUT2D eigenvalue weighted by Crippen LogP contribution is -2.44. The summed E-state index contributed by atoms with van der Waals surface area (Å²) in [5.41, 5.74) is 0.797. The average Bonchev–Trinajstić information content (AvgIpc) is 2.75. The lowest BCUT2D eigenvalue weighted by molar-refractivity contribution is -0.149. The number of pyridine rings is 2. The van der Waals surface area contributed by atoms with Crippen molar-refractivity contribution < 1.29 is 19.0 Å². The molecule has 158 valence electrons. The van der Waals surface area contributed by atoms with Crippen molar-refractivity contribution in [2.24, 2.45) is 0 Å². The number of methoxy groups -OCH3 is 1. The second-order valence-corrected chi connectivity index (χ2v) is 7.86. The van der Waals surface area contributed by atoms with Crippen LogP contribution in [0.2, 0.25) is 0 Å². The summed E-state index contributed by atoms with van der Waals surface area (Å²) >= 11 is 3.32. The molecular weight excluding hydrogens is 450 g/mol. The van der Waals surface area contributed by atoms with Gasteiger partial charge in [0.25, 0.3) is 0 Å². The molecule has 8 heteroatoms. The molecule has 3 heterocycles. The van der Waals surface area contributed by atoms with E-state index >= 15 is 0 Å². The molecule has 7 nitrogen and oxygen atoms in total. The van der Waals surface area contributed by atoms with Crippen molar-refractivity contribution in [1.82, 2.24) is 15.0 Å². The van der Waals surface area contributed by atoms with Gasteiger partial charge in [-0.05, 0) is 46.6 Å². The topological polar surface area (TPSA) is 65.9 Å². The maximum atomic E-state index is 6.14. The smallest absolute Gasteiger partial charge is 0.191 e. The molecule has 0 N–H and O–H groups in total. The third-order valence-electron chi connectivity index (χ3n) is 4.82. The summed E-state index contributed by atoms with van der Waals surface area (Å²) in [7, 11) is 1.63. The van der Waals surface area contributed by atoms with Crippen molar-refractivity contribution in [3.8, 4) is 23.0 Å². The number of hydrogen-bond acceptors (Lipinski definition) is 7. The molecule has 1 aliphatic rings. The summed E-state index contributed by atoms with van der Waals surface area (Å²) in [4.78, 5) is 14.8. The van der Waals surface area contributed by atoms with Crippen molar-refractivity contribution in [2.45, 2.75) is 25.9 Å². The van der Waals surface area contributed by atoms with Gasteiger partial charge in [0, 0.05) is 11.5 Å². The van der Waals surface area contributed by atoms with E-state index in [4.69, 9.17) is 19.0 Å². The number of benzene rings is 1. The molecule has 1 fully saturated rings. The normalized spacial score (nSPS) is 17.1. The molecule has 0 amide bonds. The van der Waals surface area contributed by atoms with Crippen LogP contribution < -0.4 is 14.3 Å². The Hall–Kier alpha value is -2.42. The van der Waals surface area contributed by atoms with Crippen molar-refractivity contribution in [3.63, 3.8) is 0 Å². The van der Waals surface area contributed by atoms with E-state index in [-0.39, 0.29) is 6.10 Å². The SMILES string of the molecule is CCCC1CN(Oc2cc3ncc(Oc4ccc(Br)nc4)cc3cc2OC)CCO1. The van der Waals surface area contributed by atoms with Gasteiger partial charge in [0.05, 0.1) is 50.8 Å². The Morgan fingerprint density at radius 3 is 2.77 bits per heavy atom. The van der Waals surface area contributed by atoms with Gasteiger partial charge >= 0.3 is 0 Å². The van der Waals surface area contributed by atoms with Crippen LogP contribution in [0.25, 0.3) is 10.9 Å². The second kappa shape index (κ2) is 9.59. The summed E-state index contributed by atoms with van der Waals surface area (Å²) in [5.74, 6) is 2.55. The number of aromatic nitrogens is 2. The van der Waals surface area contributed by atoms with Crippen LogP contribution in [0.5, 0.6) is 23.0 Å². The number of halogens is 1. The van der Waals surface area contributed by atoms with E-state index in [1.54, 1.807) is 19.5 Å². The molecule has 1 saturated heterocycles. The van der Waals surface area contributed by atoms with Crippen LogP contribution in [0.3, 0.4) is 0 Å². The zero-order valence-electron chi connectivity index (χ0n) is 17.0. The highest BCUT2D eigenvalue weighted by atomic mass is 79.9. The van der Waals surface area contributed by atoms with Gasteiger partial charge in [-0.1, -0.05) is 13.3 Å². The summed E-state index contributed by atoms with van der Waals surface area (Å²) in [6.45, 7) is 4.26. The quantitative estimate of drug-likeness (QED) is 0.447. The van der Waals surface area contributed by atoms with Crippen LogP contribution in [-0.4, -0.2) is 47.9 Å². The predicted octanol–water partition coefficient (Wildman–Crippen LogP) is 4.99. The van der Waals surface area contributed by atoms with E-state index in [1.807, 2.05) is 35.4 Å². The summed E-state index contributed by atoms with van der Waals surface area (Å²) in [5, 5.41) is 2.83. The fraction of sp³-hybridized carbons (Fsp3) is 0.364. The van der Waals surface area contributed by atoms with Crippen LogP contribution in [0.15, 0.2) is 47.3 Å². The van der Waals surface area contributed by atoms with Gasteiger partial charge in [0.15, 0.2) is 11.5 Å². The highest BCUT2D eigenvalue weighted by Crippen LogP contribution is 2.34. The minimum atomic E-state index is 0.195. The molecule has 30 heavy (non-hydrogen) atoms. The first-order valence-corrected chi connectivity index (χ1v) is 10.8. The average molecular weight is 474 g/mol. The highest BCUT2D eigenvalue weighted by Gasteiger charge is 2.22. The van der Waals surface area contributed by atoms with Gasteiger partial charge < -0.3 is 19.0 Å². The Kier molecular flexibility index (Phi) is 6.66. The van der Waals surface area contributed by atoms with Gasteiger partial charge in [-0.15, -0.1) is 5.06 Å². The number of morpholine rings is 1. The van der Waals surface area contributed by atoms with Gasteiger partial charge in [0.2, 0.25) is 0 Å². The molecule has 0 radical (unpaired) electrons. The molecule has 0 aliphatic carbocycles. The van der Waals surface area contributed by atoms with Crippen LogP contribution >= 0.6 is 15.9 Å². The number of hydroxylamine groups is 2. The Labute approximate surface area is 184 Å². The van der Waals surface area contributed by atoms with Crippen LogP contribution in [0.4, 0.5) is 0 Å². The van der Waals surface area contributed by atoms with E-state index in [2.05, 4.69) is 32.8 Å². The van der Waals surface area contributed by atoms with E-state index < -0.39 is 0 Å². The molecule has 0 bridgehead atoms. The van der Waals surface area contributed by atoms with Crippen molar-refractivity contribution in [1.29, 1.82) is 0 Å². The highest BCUT2D eigenvalue weighted by molar-refractivity contribution is 9.10. The van der Waals surface area contributed by atoms with Gasteiger partial charge in [-0.25, -0.2) is 4.98 Å². The Bertz CT molecular complexity index is 998. The number of nitrogens with zero attached hydrogens (tertiary/aromatic N) is 3. The second-order valence-electron chi connectivity index (χ2n) is 7.05. The lowest BCUT2D eigenvalue weighted by Gasteiger charge is -2.32. The number of rotatable bonds is 7. The third kappa shape index (κ3) is 5.00. The number of hydrogen-bond donors (Lipinski definition) is 0. The number of ether oxygens (including phenoxy) is 3. The lowest BCUT2D eigenvalue weighted by atomic mass is 10.2. The first-order valence-electron chi connectivity index (χ1n) is 9.96. The van der Waals surface area contributed by atoms with E-state index in [0.717, 1.165) is 34.9 Å². The molecule has 2 aromatic heterocycles. The van der Waals surface area contributed by atoms with E-state index in [0.29, 0.717) is 36.1 Å². The predicted molar refractivity (Wildman–Crippen MR) is 117 cm³/mol. The minimum Gasteiger partial charge on any atom is -0.493 e. The molecule has 3 aromatic rings. The molecule has 1 aliphatic heterocycles. The molecule has 0 spiro atoms. The van der Waals surface area contributed by atoms with Crippen LogP contribution in [-0.2, 0) is 4.74 Å². The minimum absolute atomic E-state index is 0.195. The summed E-state index contributed by atoms with van der Waals surface area (Å²) in [6.07, 6.45) is 5.64. The zero-order valence-corrected chi connectivity index (χ0v) is 18.6. The first kappa shape index (κ1) is 20.8. The maximum Gasteiger partial charge on any atom is 0.191 e. The monoisotopic (exact) mass is 473 g/mol. The fourth-order valence-corrected chi connectivity index (χ4v) is 3.61. The molecule has 0 saturated carbocycles. The maximum absolute atomic E-state index is 6.14. The Morgan fingerprint density at radius 2 is 2.00 bits per heavy atom. The van der Waals surface area contributed by atoms with Crippen LogP contribution in [0, 0.1) is 0 Å². The van der Waals surface area contributed by atoms with E-state index in [1.165, 1.54) is 0 Å². The number of fused-ring (bicyclic) bond motifs is 1. The van der Waals surface area contributed by atoms with E-state index in [9.17, 15) is 0 Å². The van der Waals surface area contributed by atoms with Gasteiger partial charge in [0.1, 0.15) is 16.1 Å². The molecule has 1 aromatic carbocycles. The Morgan fingerprint density at radius 1 is 1.13 bits per heavy atom. The fourth-order valence-electron chi connectivity index (χ4n) is 3.37. The largest absolute Gasteiger partial charge is 0.493 e. The third-order valence-corrected chi connectivity index (χ3v) is 5.29.